The molecule has 1 amide bonds. The highest BCUT2D eigenvalue weighted by atomic mass is 32.1. The zero-order valence-electron chi connectivity index (χ0n) is 19.9. The minimum Gasteiger partial charge on any atom is -0.349 e. The van der Waals surface area contributed by atoms with Gasteiger partial charge in [-0.1, -0.05) is 12.1 Å². The summed E-state index contributed by atoms with van der Waals surface area (Å²) in [6, 6.07) is 17.8. The molecule has 1 aliphatic rings. The summed E-state index contributed by atoms with van der Waals surface area (Å²) in [5.74, 6) is 0.591. The predicted molar refractivity (Wildman–Crippen MR) is 144 cm³/mol. The Labute approximate surface area is 217 Å². The second kappa shape index (κ2) is 9.97. The van der Waals surface area contributed by atoms with Gasteiger partial charge in [0.15, 0.2) is 0 Å². The average Bonchev–Trinajstić information content (AvgIpc) is 3.58. The third kappa shape index (κ3) is 5.00. The first kappa shape index (κ1) is 23.1. The van der Waals surface area contributed by atoms with Crippen LogP contribution in [0.1, 0.15) is 33.6 Å². The van der Waals surface area contributed by atoms with Crippen molar-refractivity contribution in [3.05, 3.63) is 77.1 Å². The monoisotopic (exact) mass is 508 g/mol. The number of aromatic amines is 1. The highest BCUT2D eigenvalue weighted by molar-refractivity contribution is 7.20. The summed E-state index contributed by atoms with van der Waals surface area (Å²) in [4.78, 5) is 25.7. The first-order valence-corrected chi connectivity index (χ1v) is 12.9. The van der Waals surface area contributed by atoms with Gasteiger partial charge in [0.1, 0.15) is 17.0 Å². The van der Waals surface area contributed by atoms with Crippen molar-refractivity contribution < 1.29 is 4.79 Å². The molecule has 3 aromatic heterocycles. The molecule has 0 spiro atoms. The van der Waals surface area contributed by atoms with Crippen molar-refractivity contribution >= 4 is 49.9 Å². The van der Waals surface area contributed by atoms with E-state index >= 15 is 0 Å². The predicted octanol–water partition coefficient (Wildman–Crippen LogP) is 4.58. The van der Waals surface area contributed by atoms with E-state index in [0.29, 0.717) is 16.3 Å². The fraction of sp³-hybridized carbons (Fsp3) is 0.222. The third-order valence-electron chi connectivity index (χ3n) is 6.67. The van der Waals surface area contributed by atoms with Gasteiger partial charge < -0.3 is 10.6 Å². The number of hydrogen-bond donors (Lipinski definition) is 3. The van der Waals surface area contributed by atoms with Crippen LogP contribution in [0.25, 0.3) is 21.1 Å². The molecule has 0 unspecified atom stereocenters. The molecule has 0 aliphatic carbocycles. The number of nitrogens with zero attached hydrogens (tertiary/aromatic N) is 5. The van der Waals surface area contributed by atoms with Gasteiger partial charge in [0.25, 0.3) is 5.91 Å². The molecule has 3 N–H and O–H groups in total. The number of fused-ring (bicyclic) bond motifs is 2. The van der Waals surface area contributed by atoms with Crippen LogP contribution in [0.3, 0.4) is 0 Å². The standard InChI is InChI=1S/C27H24N8OS/c28-13-17-1-3-18(4-2-17)15-35-9-7-20(8-10-35)33-26(36)24-12-22-25(29-16-30-27(22)37-24)32-21-6-5-19-14-31-34-23(19)11-21/h1-6,11-12,14,16,20H,7-10,15H2,(H,31,34)(H,33,36)(H,29,30,32). The number of carbonyl (C=O) groups is 1. The van der Waals surface area contributed by atoms with E-state index in [9.17, 15) is 4.79 Å². The van der Waals surface area contributed by atoms with Crippen LogP contribution in [0, 0.1) is 11.3 Å². The highest BCUT2D eigenvalue weighted by Crippen LogP contribution is 2.31. The van der Waals surface area contributed by atoms with Crippen LogP contribution in [0.15, 0.2) is 61.1 Å². The molecule has 37 heavy (non-hydrogen) atoms. The van der Waals surface area contributed by atoms with Crippen molar-refractivity contribution in [1.29, 1.82) is 5.26 Å². The maximum atomic E-state index is 13.1. The van der Waals surface area contributed by atoms with Crippen LogP contribution in [-0.4, -0.2) is 50.1 Å². The number of nitriles is 1. The molecule has 9 nitrogen and oxygen atoms in total. The average molecular weight is 509 g/mol. The van der Waals surface area contributed by atoms with Crippen molar-refractivity contribution in [2.24, 2.45) is 0 Å². The van der Waals surface area contributed by atoms with Gasteiger partial charge in [-0.05, 0) is 54.8 Å². The number of anilines is 2. The van der Waals surface area contributed by atoms with Crippen LogP contribution in [-0.2, 0) is 6.54 Å². The summed E-state index contributed by atoms with van der Waals surface area (Å²) in [6.45, 7) is 2.68. The fourth-order valence-corrected chi connectivity index (χ4v) is 5.56. The van der Waals surface area contributed by atoms with Gasteiger partial charge in [0.2, 0.25) is 0 Å². The summed E-state index contributed by atoms with van der Waals surface area (Å²) in [7, 11) is 0. The number of H-pyrrole nitrogens is 1. The number of rotatable bonds is 6. The van der Waals surface area contributed by atoms with Crippen molar-refractivity contribution in [1.82, 2.24) is 30.4 Å². The van der Waals surface area contributed by atoms with E-state index in [-0.39, 0.29) is 11.9 Å². The lowest BCUT2D eigenvalue weighted by atomic mass is 10.0. The first-order chi connectivity index (χ1) is 18.1. The number of benzene rings is 2. The van der Waals surface area contributed by atoms with Crippen molar-refractivity contribution in [2.45, 2.75) is 25.4 Å². The summed E-state index contributed by atoms with van der Waals surface area (Å²) in [5.41, 5.74) is 3.68. The largest absolute Gasteiger partial charge is 0.349 e. The summed E-state index contributed by atoms with van der Waals surface area (Å²) < 4.78 is 0. The molecule has 184 valence electrons. The SMILES string of the molecule is N#Cc1ccc(CN2CCC(NC(=O)c3cc4c(Nc5ccc6cn[nH]c6c5)ncnc4s3)CC2)cc1. The van der Waals surface area contributed by atoms with Gasteiger partial charge in [-0.2, -0.15) is 10.4 Å². The molecular weight excluding hydrogens is 484 g/mol. The highest BCUT2D eigenvalue weighted by Gasteiger charge is 2.23. The lowest BCUT2D eigenvalue weighted by Gasteiger charge is -2.32. The summed E-state index contributed by atoms with van der Waals surface area (Å²) >= 11 is 1.38. The van der Waals surface area contributed by atoms with E-state index in [1.807, 2.05) is 48.5 Å². The Hall–Kier alpha value is -4.33. The normalized spacial score (nSPS) is 14.6. The van der Waals surface area contributed by atoms with E-state index < -0.39 is 0 Å². The molecule has 10 heteroatoms. The second-order valence-corrected chi connectivity index (χ2v) is 10.2. The quantitative estimate of drug-likeness (QED) is 0.307. The van der Waals surface area contributed by atoms with Crippen molar-refractivity contribution in [3.8, 4) is 6.07 Å². The number of aromatic nitrogens is 4. The van der Waals surface area contributed by atoms with Crippen LogP contribution < -0.4 is 10.6 Å². The molecule has 1 saturated heterocycles. The van der Waals surface area contributed by atoms with Gasteiger partial charge in [0.05, 0.1) is 33.6 Å². The molecule has 4 heterocycles. The number of hydrogen-bond acceptors (Lipinski definition) is 8. The number of piperidine rings is 1. The fourth-order valence-electron chi connectivity index (χ4n) is 4.65. The van der Waals surface area contributed by atoms with E-state index in [4.69, 9.17) is 5.26 Å². The van der Waals surface area contributed by atoms with E-state index in [1.54, 1.807) is 6.20 Å². The van der Waals surface area contributed by atoms with Crippen LogP contribution in [0.4, 0.5) is 11.5 Å². The molecule has 2 aromatic carbocycles. The number of thiophene rings is 1. The molecule has 0 bridgehead atoms. The third-order valence-corrected chi connectivity index (χ3v) is 7.71. The van der Waals surface area contributed by atoms with Crippen molar-refractivity contribution in [2.75, 3.05) is 18.4 Å². The Morgan fingerprint density at radius 2 is 1.97 bits per heavy atom. The van der Waals surface area contributed by atoms with Crippen LogP contribution in [0.5, 0.6) is 0 Å². The molecule has 0 radical (unpaired) electrons. The maximum Gasteiger partial charge on any atom is 0.261 e. The zero-order chi connectivity index (χ0) is 25.2. The zero-order valence-corrected chi connectivity index (χ0v) is 20.8. The summed E-state index contributed by atoms with van der Waals surface area (Å²) in [5, 5.41) is 24.4. The smallest absolute Gasteiger partial charge is 0.261 e. The topological polar surface area (TPSA) is 123 Å². The van der Waals surface area contributed by atoms with Gasteiger partial charge in [-0.25, -0.2) is 9.97 Å². The molecular formula is C27H24N8OS. The Kier molecular flexibility index (Phi) is 6.22. The molecule has 1 aliphatic heterocycles. The molecule has 6 rings (SSSR count). The lowest BCUT2D eigenvalue weighted by molar-refractivity contribution is 0.0913. The number of nitrogens with one attached hydrogen (secondary N) is 3. The van der Waals surface area contributed by atoms with Gasteiger partial charge in [0, 0.05) is 36.7 Å². The minimum absolute atomic E-state index is 0.0710. The second-order valence-electron chi connectivity index (χ2n) is 9.18. The first-order valence-electron chi connectivity index (χ1n) is 12.1. The van der Waals surface area contributed by atoms with Crippen LogP contribution >= 0.6 is 11.3 Å². The minimum atomic E-state index is -0.0710. The molecule has 0 atom stereocenters. The lowest BCUT2D eigenvalue weighted by Crippen LogP contribution is -2.44. The van der Waals surface area contributed by atoms with E-state index in [0.717, 1.165) is 59.3 Å². The van der Waals surface area contributed by atoms with Gasteiger partial charge in [-0.3, -0.25) is 14.8 Å². The Balaban J connectivity index is 1.09. The Morgan fingerprint density at radius 3 is 2.78 bits per heavy atom. The molecule has 5 aromatic rings. The molecule has 0 saturated carbocycles. The molecule has 1 fully saturated rings. The Bertz CT molecular complexity index is 1610. The van der Waals surface area contributed by atoms with E-state index in [1.165, 1.54) is 23.2 Å². The number of likely N-dealkylation sites (tertiary alicyclic amines) is 1. The summed E-state index contributed by atoms with van der Waals surface area (Å²) in [6.07, 6.45) is 5.09. The van der Waals surface area contributed by atoms with E-state index in [2.05, 4.69) is 41.8 Å². The van der Waals surface area contributed by atoms with Crippen LogP contribution in [0.2, 0.25) is 0 Å². The number of amides is 1. The maximum absolute atomic E-state index is 13.1. The van der Waals surface area contributed by atoms with Gasteiger partial charge >= 0.3 is 0 Å². The van der Waals surface area contributed by atoms with Gasteiger partial charge in [-0.15, -0.1) is 11.3 Å². The number of carbonyl (C=O) groups excluding carboxylic acids is 1. The Morgan fingerprint density at radius 1 is 1.14 bits per heavy atom. The van der Waals surface area contributed by atoms with Crippen molar-refractivity contribution in [3.63, 3.8) is 0 Å².